The maximum atomic E-state index is 11.8. The number of aromatic amines is 1. The van der Waals surface area contributed by atoms with Gasteiger partial charge in [0.05, 0.1) is 13.7 Å². The molecular weight excluding hydrogens is 292 g/mol. The molecular formula is C18H20N2O3. The van der Waals surface area contributed by atoms with Crippen LogP contribution >= 0.6 is 0 Å². The summed E-state index contributed by atoms with van der Waals surface area (Å²) in [5.41, 5.74) is 1.11. The zero-order valence-electron chi connectivity index (χ0n) is 13.8. The van der Waals surface area contributed by atoms with Crippen molar-refractivity contribution in [2.45, 2.75) is 20.8 Å². The van der Waals surface area contributed by atoms with Crippen LogP contribution in [0.15, 0.2) is 35.1 Å². The summed E-state index contributed by atoms with van der Waals surface area (Å²) in [6.45, 7) is 6.79. The summed E-state index contributed by atoms with van der Waals surface area (Å²) < 4.78 is 11.2. The van der Waals surface area contributed by atoms with E-state index in [0.717, 1.165) is 5.56 Å². The number of hydrogen-bond acceptors (Lipinski definition) is 4. The third-order valence-electron chi connectivity index (χ3n) is 3.17. The molecule has 0 saturated heterocycles. The molecule has 0 aliphatic carbocycles. The third kappa shape index (κ3) is 4.13. The van der Waals surface area contributed by atoms with Crippen LogP contribution in [0.4, 0.5) is 0 Å². The van der Waals surface area contributed by atoms with Crippen LogP contribution in [0.3, 0.4) is 0 Å². The van der Waals surface area contributed by atoms with Crippen LogP contribution in [0, 0.1) is 16.7 Å². The van der Waals surface area contributed by atoms with Gasteiger partial charge in [-0.1, -0.05) is 20.8 Å². The maximum Gasteiger partial charge on any atom is 0.266 e. The second-order valence-corrected chi connectivity index (χ2v) is 6.44. The van der Waals surface area contributed by atoms with Crippen LogP contribution in [0.2, 0.25) is 0 Å². The average molecular weight is 312 g/mol. The summed E-state index contributed by atoms with van der Waals surface area (Å²) >= 11 is 0. The van der Waals surface area contributed by atoms with Crippen LogP contribution in [0.5, 0.6) is 11.5 Å². The number of H-pyrrole nitrogens is 1. The molecule has 23 heavy (non-hydrogen) atoms. The van der Waals surface area contributed by atoms with Gasteiger partial charge in [-0.05, 0) is 35.7 Å². The number of benzene rings is 1. The van der Waals surface area contributed by atoms with E-state index < -0.39 is 5.56 Å². The Labute approximate surface area is 135 Å². The molecule has 0 unspecified atom stereocenters. The Morgan fingerprint density at radius 3 is 2.48 bits per heavy atom. The number of hydrogen-bond donors (Lipinski definition) is 1. The third-order valence-corrected chi connectivity index (χ3v) is 3.17. The number of nitriles is 1. The second-order valence-electron chi connectivity index (χ2n) is 6.44. The van der Waals surface area contributed by atoms with E-state index in [4.69, 9.17) is 14.7 Å². The molecule has 0 aliphatic rings. The fourth-order valence-corrected chi connectivity index (χ4v) is 1.98. The van der Waals surface area contributed by atoms with Gasteiger partial charge >= 0.3 is 0 Å². The van der Waals surface area contributed by atoms with Crippen molar-refractivity contribution in [3.63, 3.8) is 0 Å². The summed E-state index contributed by atoms with van der Waals surface area (Å²) in [7, 11) is 1.59. The molecule has 2 rings (SSSR count). The minimum atomic E-state index is -0.405. The minimum absolute atomic E-state index is 0.0176. The van der Waals surface area contributed by atoms with Gasteiger partial charge in [0.25, 0.3) is 5.56 Å². The van der Waals surface area contributed by atoms with Crippen LogP contribution in [-0.2, 0) is 0 Å². The highest BCUT2D eigenvalue weighted by molar-refractivity contribution is 5.64. The maximum absolute atomic E-state index is 11.8. The molecule has 0 bridgehead atoms. The lowest BCUT2D eigenvalue weighted by Gasteiger charge is -2.20. The highest BCUT2D eigenvalue weighted by Gasteiger charge is 2.14. The van der Waals surface area contributed by atoms with Crippen molar-refractivity contribution in [3.8, 4) is 28.8 Å². The molecule has 5 nitrogen and oxygen atoms in total. The van der Waals surface area contributed by atoms with Gasteiger partial charge in [-0.25, -0.2) is 0 Å². The molecule has 120 valence electrons. The highest BCUT2D eigenvalue weighted by atomic mass is 16.5. The number of aromatic nitrogens is 1. The van der Waals surface area contributed by atoms with Crippen molar-refractivity contribution >= 4 is 0 Å². The van der Waals surface area contributed by atoms with Crippen LogP contribution in [0.25, 0.3) is 11.3 Å². The van der Waals surface area contributed by atoms with E-state index in [9.17, 15) is 4.79 Å². The van der Waals surface area contributed by atoms with Crippen molar-refractivity contribution in [1.82, 2.24) is 4.98 Å². The molecule has 1 heterocycles. The van der Waals surface area contributed by atoms with Crippen molar-refractivity contribution in [2.24, 2.45) is 5.41 Å². The number of nitrogens with one attached hydrogen (secondary N) is 1. The number of methoxy groups -OCH3 is 1. The summed E-state index contributed by atoms with van der Waals surface area (Å²) in [4.78, 5) is 14.5. The monoisotopic (exact) mass is 312 g/mol. The molecule has 0 aliphatic heterocycles. The van der Waals surface area contributed by atoms with Crippen LogP contribution in [-0.4, -0.2) is 18.7 Å². The van der Waals surface area contributed by atoms with Crippen molar-refractivity contribution in [2.75, 3.05) is 13.7 Å². The van der Waals surface area contributed by atoms with Crippen LogP contribution < -0.4 is 15.0 Å². The topological polar surface area (TPSA) is 75.1 Å². The first-order valence-electron chi connectivity index (χ1n) is 7.29. The van der Waals surface area contributed by atoms with E-state index in [0.29, 0.717) is 23.8 Å². The van der Waals surface area contributed by atoms with Gasteiger partial charge < -0.3 is 14.5 Å². The molecule has 0 fully saturated rings. The lowest BCUT2D eigenvalue weighted by molar-refractivity contribution is 0.191. The fourth-order valence-electron chi connectivity index (χ4n) is 1.98. The van der Waals surface area contributed by atoms with Gasteiger partial charge in [-0.3, -0.25) is 4.79 Å². The quantitative estimate of drug-likeness (QED) is 0.939. The zero-order valence-corrected chi connectivity index (χ0v) is 13.8. The standard InChI is InChI=1S/C18H20N2O3/c1-18(2,3)11-23-16-9-12(6-8-15(16)22-4)14-7-5-13(10-19)17(21)20-14/h5-9H,11H2,1-4H3,(H,20,21). The van der Waals surface area contributed by atoms with Gasteiger partial charge in [0, 0.05) is 11.3 Å². The van der Waals surface area contributed by atoms with Gasteiger partial charge in [-0.2, -0.15) is 5.26 Å². The second kappa shape index (κ2) is 6.57. The Hall–Kier alpha value is -2.74. The van der Waals surface area contributed by atoms with E-state index in [-0.39, 0.29) is 11.0 Å². The molecule has 0 amide bonds. The molecule has 0 saturated carbocycles. The predicted molar refractivity (Wildman–Crippen MR) is 88.7 cm³/mol. The Kier molecular flexibility index (Phi) is 4.75. The summed E-state index contributed by atoms with van der Waals surface area (Å²) in [6.07, 6.45) is 0. The Balaban J connectivity index is 2.39. The molecule has 2 aromatic rings. The Bertz CT molecular complexity index is 795. The van der Waals surface area contributed by atoms with Crippen LogP contribution in [0.1, 0.15) is 26.3 Å². The predicted octanol–water partition coefficient (Wildman–Crippen LogP) is 3.35. The largest absolute Gasteiger partial charge is 0.493 e. The van der Waals surface area contributed by atoms with E-state index >= 15 is 0 Å². The number of ether oxygens (including phenoxy) is 2. The van der Waals surface area contributed by atoms with E-state index in [1.54, 1.807) is 19.2 Å². The van der Waals surface area contributed by atoms with Crippen molar-refractivity contribution in [1.29, 1.82) is 5.26 Å². The van der Waals surface area contributed by atoms with Crippen molar-refractivity contribution < 1.29 is 9.47 Å². The minimum Gasteiger partial charge on any atom is -0.493 e. The van der Waals surface area contributed by atoms with Crippen molar-refractivity contribution in [3.05, 3.63) is 46.2 Å². The van der Waals surface area contributed by atoms with Gasteiger partial charge in [-0.15, -0.1) is 0 Å². The first-order chi connectivity index (χ1) is 10.8. The molecule has 0 atom stereocenters. The SMILES string of the molecule is COc1ccc(-c2ccc(C#N)c(=O)[nH]2)cc1OCC(C)(C)C. The number of pyridine rings is 1. The number of rotatable bonds is 4. The normalized spacial score (nSPS) is 10.9. The highest BCUT2D eigenvalue weighted by Crippen LogP contribution is 2.32. The Morgan fingerprint density at radius 1 is 1.17 bits per heavy atom. The number of nitrogens with zero attached hydrogens (tertiary/aromatic N) is 1. The first kappa shape index (κ1) is 16.6. The molecule has 0 spiro atoms. The first-order valence-corrected chi connectivity index (χ1v) is 7.29. The molecule has 0 radical (unpaired) electrons. The summed E-state index contributed by atoms with van der Waals surface area (Å²) in [5, 5.41) is 8.83. The molecule has 5 heteroatoms. The smallest absolute Gasteiger partial charge is 0.266 e. The van der Waals surface area contributed by atoms with E-state index in [2.05, 4.69) is 25.8 Å². The summed E-state index contributed by atoms with van der Waals surface area (Å²) in [5.74, 6) is 1.25. The lowest BCUT2D eigenvalue weighted by Crippen LogP contribution is -2.17. The lowest BCUT2D eigenvalue weighted by atomic mass is 9.98. The van der Waals surface area contributed by atoms with E-state index in [1.807, 2.05) is 18.2 Å². The van der Waals surface area contributed by atoms with Gasteiger partial charge in [0.1, 0.15) is 11.6 Å². The van der Waals surface area contributed by atoms with Gasteiger partial charge in [0.15, 0.2) is 11.5 Å². The average Bonchev–Trinajstić information content (AvgIpc) is 2.51. The zero-order chi connectivity index (χ0) is 17.0. The molecule has 1 N–H and O–H groups in total. The van der Waals surface area contributed by atoms with E-state index in [1.165, 1.54) is 6.07 Å². The molecule has 1 aromatic carbocycles. The van der Waals surface area contributed by atoms with Gasteiger partial charge in [0.2, 0.25) is 0 Å². The fraction of sp³-hybridized carbons (Fsp3) is 0.333. The molecule has 1 aromatic heterocycles. The summed E-state index contributed by atoms with van der Waals surface area (Å²) in [6, 6.07) is 10.5. The Morgan fingerprint density at radius 2 is 1.91 bits per heavy atom.